The van der Waals surface area contributed by atoms with E-state index in [9.17, 15) is 4.79 Å². The molecular formula is C17H16N2O. The third-order valence-electron chi connectivity index (χ3n) is 3.37. The zero-order valence-corrected chi connectivity index (χ0v) is 11.1. The van der Waals surface area contributed by atoms with Crippen LogP contribution in [-0.2, 0) is 17.6 Å². The van der Waals surface area contributed by atoms with Crippen LogP contribution in [0, 0.1) is 0 Å². The van der Waals surface area contributed by atoms with Gasteiger partial charge in [-0.05, 0) is 11.1 Å². The molecule has 1 atom stereocenters. The molecular weight excluding hydrogens is 248 g/mol. The third-order valence-corrected chi connectivity index (χ3v) is 3.37. The Bertz CT molecular complexity index is 620. The molecule has 1 amide bonds. The number of nitrogens with zero attached hydrogens (tertiary/aromatic N) is 1. The van der Waals surface area contributed by atoms with Crippen molar-refractivity contribution in [3.8, 4) is 0 Å². The molecule has 1 aliphatic rings. The van der Waals surface area contributed by atoms with Gasteiger partial charge in [0.1, 0.15) is 11.9 Å². The van der Waals surface area contributed by atoms with Crippen LogP contribution < -0.4 is 5.32 Å². The zero-order valence-electron chi connectivity index (χ0n) is 11.1. The minimum absolute atomic E-state index is 0.000200. The summed E-state index contributed by atoms with van der Waals surface area (Å²) in [5.41, 5.74) is 2.30. The van der Waals surface area contributed by atoms with Gasteiger partial charge in [0.05, 0.1) is 0 Å². The van der Waals surface area contributed by atoms with Gasteiger partial charge in [0.2, 0.25) is 5.91 Å². The SMILES string of the molecule is O=C1NC(Cc2ccccc2)=NC1Cc1ccccc1. The van der Waals surface area contributed by atoms with E-state index in [-0.39, 0.29) is 11.9 Å². The van der Waals surface area contributed by atoms with Gasteiger partial charge >= 0.3 is 0 Å². The molecule has 1 unspecified atom stereocenters. The second kappa shape index (κ2) is 5.70. The molecule has 2 aromatic rings. The summed E-state index contributed by atoms with van der Waals surface area (Å²) in [5.74, 6) is 0.766. The van der Waals surface area contributed by atoms with Crippen LogP contribution >= 0.6 is 0 Å². The number of nitrogens with one attached hydrogen (secondary N) is 1. The number of amidine groups is 1. The van der Waals surface area contributed by atoms with Gasteiger partial charge in [-0.3, -0.25) is 9.79 Å². The molecule has 3 rings (SSSR count). The molecule has 0 bridgehead atoms. The Morgan fingerprint density at radius 3 is 2.15 bits per heavy atom. The lowest BCUT2D eigenvalue weighted by atomic mass is 10.1. The van der Waals surface area contributed by atoms with Crippen LogP contribution in [0.3, 0.4) is 0 Å². The smallest absolute Gasteiger partial charge is 0.250 e. The van der Waals surface area contributed by atoms with E-state index >= 15 is 0 Å². The minimum Gasteiger partial charge on any atom is -0.312 e. The van der Waals surface area contributed by atoms with E-state index in [1.165, 1.54) is 0 Å². The van der Waals surface area contributed by atoms with Gasteiger partial charge in [-0.25, -0.2) is 0 Å². The number of hydrogen-bond donors (Lipinski definition) is 1. The van der Waals surface area contributed by atoms with Crippen LogP contribution in [-0.4, -0.2) is 17.8 Å². The lowest BCUT2D eigenvalue weighted by molar-refractivity contribution is -0.120. The number of benzene rings is 2. The van der Waals surface area contributed by atoms with Crippen molar-refractivity contribution >= 4 is 11.7 Å². The number of carbonyl (C=O) groups excluding carboxylic acids is 1. The first-order chi connectivity index (χ1) is 9.81. The third kappa shape index (κ3) is 2.94. The molecule has 100 valence electrons. The van der Waals surface area contributed by atoms with Crippen LogP contribution in [0.25, 0.3) is 0 Å². The predicted octanol–water partition coefficient (Wildman–Crippen LogP) is 2.37. The highest BCUT2D eigenvalue weighted by molar-refractivity contribution is 6.06. The maximum Gasteiger partial charge on any atom is 0.250 e. The average molecular weight is 264 g/mol. The van der Waals surface area contributed by atoms with Crippen molar-refractivity contribution in [3.63, 3.8) is 0 Å². The first-order valence-corrected chi connectivity index (χ1v) is 6.76. The topological polar surface area (TPSA) is 41.5 Å². The van der Waals surface area contributed by atoms with Crippen molar-refractivity contribution in [2.75, 3.05) is 0 Å². The Labute approximate surface area is 118 Å². The molecule has 0 spiro atoms. The number of rotatable bonds is 4. The maximum absolute atomic E-state index is 12.0. The van der Waals surface area contributed by atoms with Crippen LogP contribution in [0.2, 0.25) is 0 Å². The fourth-order valence-electron chi connectivity index (χ4n) is 2.36. The van der Waals surface area contributed by atoms with Crippen molar-refractivity contribution in [3.05, 3.63) is 71.8 Å². The van der Waals surface area contributed by atoms with Crippen LogP contribution in [0.5, 0.6) is 0 Å². The van der Waals surface area contributed by atoms with E-state index in [2.05, 4.69) is 10.3 Å². The van der Waals surface area contributed by atoms with E-state index in [0.29, 0.717) is 12.8 Å². The predicted molar refractivity (Wildman–Crippen MR) is 79.7 cm³/mol. The molecule has 1 aliphatic heterocycles. The lowest BCUT2D eigenvalue weighted by Gasteiger charge is -2.03. The fourth-order valence-corrected chi connectivity index (χ4v) is 2.36. The first kappa shape index (κ1) is 12.6. The first-order valence-electron chi connectivity index (χ1n) is 6.76. The Kier molecular flexibility index (Phi) is 3.59. The zero-order chi connectivity index (χ0) is 13.8. The maximum atomic E-state index is 12.0. The Hall–Kier alpha value is -2.42. The quantitative estimate of drug-likeness (QED) is 0.905. The van der Waals surface area contributed by atoms with Crippen LogP contribution in [0.15, 0.2) is 65.7 Å². The van der Waals surface area contributed by atoms with E-state index in [1.54, 1.807) is 0 Å². The van der Waals surface area contributed by atoms with Gasteiger partial charge in [-0.2, -0.15) is 0 Å². The number of hydrogen-bond acceptors (Lipinski definition) is 2. The molecule has 0 saturated carbocycles. The molecule has 0 aromatic heterocycles. The molecule has 0 saturated heterocycles. The second-order valence-corrected chi connectivity index (χ2v) is 4.93. The highest BCUT2D eigenvalue weighted by Crippen LogP contribution is 2.11. The summed E-state index contributed by atoms with van der Waals surface area (Å²) in [5, 5.41) is 2.88. The van der Waals surface area contributed by atoms with Gasteiger partial charge in [0.15, 0.2) is 0 Å². The highest BCUT2D eigenvalue weighted by atomic mass is 16.2. The summed E-state index contributed by atoms with van der Waals surface area (Å²) in [6.07, 6.45) is 1.34. The van der Waals surface area contributed by atoms with Crippen LogP contribution in [0.1, 0.15) is 11.1 Å². The highest BCUT2D eigenvalue weighted by Gasteiger charge is 2.26. The minimum atomic E-state index is -0.295. The average Bonchev–Trinajstić information content (AvgIpc) is 2.81. The largest absolute Gasteiger partial charge is 0.312 e. The van der Waals surface area contributed by atoms with Gasteiger partial charge in [-0.15, -0.1) is 0 Å². The molecule has 1 heterocycles. The molecule has 0 aliphatic carbocycles. The van der Waals surface area contributed by atoms with E-state index in [4.69, 9.17) is 0 Å². The monoisotopic (exact) mass is 264 g/mol. The summed E-state index contributed by atoms with van der Waals surface area (Å²) in [6, 6.07) is 19.7. The summed E-state index contributed by atoms with van der Waals surface area (Å²) in [6.45, 7) is 0. The summed E-state index contributed by atoms with van der Waals surface area (Å²) in [7, 11) is 0. The lowest BCUT2D eigenvalue weighted by Crippen LogP contribution is -2.30. The molecule has 1 N–H and O–H groups in total. The number of aliphatic imine (C=N–C) groups is 1. The van der Waals surface area contributed by atoms with E-state index in [0.717, 1.165) is 17.0 Å². The molecule has 20 heavy (non-hydrogen) atoms. The van der Waals surface area contributed by atoms with Crippen molar-refractivity contribution in [1.29, 1.82) is 0 Å². The number of amides is 1. The molecule has 3 heteroatoms. The second-order valence-electron chi connectivity index (χ2n) is 4.93. The van der Waals surface area contributed by atoms with Gasteiger partial charge in [0.25, 0.3) is 0 Å². The summed E-state index contributed by atoms with van der Waals surface area (Å²) >= 11 is 0. The van der Waals surface area contributed by atoms with Gasteiger partial charge < -0.3 is 5.32 Å². The van der Waals surface area contributed by atoms with Crippen LogP contribution in [0.4, 0.5) is 0 Å². The molecule has 2 aromatic carbocycles. The Balaban J connectivity index is 1.69. The van der Waals surface area contributed by atoms with Gasteiger partial charge in [0, 0.05) is 12.8 Å². The summed E-state index contributed by atoms with van der Waals surface area (Å²) in [4.78, 5) is 16.5. The molecule has 0 radical (unpaired) electrons. The number of carbonyl (C=O) groups is 1. The molecule has 3 nitrogen and oxygen atoms in total. The van der Waals surface area contributed by atoms with Crippen molar-refractivity contribution in [1.82, 2.24) is 5.32 Å². The summed E-state index contributed by atoms with van der Waals surface area (Å²) < 4.78 is 0. The van der Waals surface area contributed by atoms with Crippen molar-refractivity contribution in [2.45, 2.75) is 18.9 Å². The Morgan fingerprint density at radius 2 is 1.50 bits per heavy atom. The van der Waals surface area contributed by atoms with E-state index < -0.39 is 0 Å². The molecule has 0 fully saturated rings. The van der Waals surface area contributed by atoms with Crippen molar-refractivity contribution in [2.24, 2.45) is 4.99 Å². The van der Waals surface area contributed by atoms with E-state index in [1.807, 2.05) is 60.7 Å². The normalized spacial score (nSPS) is 17.7. The van der Waals surface area contributed by atoms with Gasteiger partial charge in [-0.1, -0.05) is 60.7 Å². The fraction of sp³-hybridized carbons (Fsp3) is 0.176. The Morgan fingerprint density at radius 1 is 0.900 bits per heavy atom. The van der Waals surface area contributed by atoms with Crippen molar-refractivity contribution < 1.29 is 4.79 Å². The standard InChI is InChI=1S/C17H16N2O/c20-17-15(11-13-7-3-1-4-8-13)18-16(19-17)12-14-9-5-2-6-10-14/h1-10,15H,11-12H2,(H,18,19,20).